The van der Waals surface area contributed by atoms with Crippen LogP contribution in [0, 0.1) is 0 Å². The fourth-order valence-corrected chi connectivity index (χ4v) is 3.76. The van der Waals surface area contributed by atoms with Crippen molar-refractivity contribution in [3.05, 3.63) is 52.8 Å². The van der Waals surface area contributed by atoms with Gasteiger partial charge in [0.2, 0.25) is 0 Å². The highest BCUT2D eigenvalue weighted by Gasteiger charge is 2.38. The Morgan fingerprint density at radius 1 is 0.733 bits per heavy atom. The van der Waals surface area contributed by atoms with Gasteiger partial charge in [0.05, 0.1) is 16.7 Å². The van der Waals surface area contributed by atoms with Crippen LogP contribution in [0.1, 0.15) is 73.4 Å². The standard InChI is InChI=1S/C27H35N5O6.C2HF3O2/c1-26(2,3)37-24(35)31-13-11-29-18-7-8-19(30-12-14-32-25(36)38-27(4,5)6)21-20(18)22(33)16-9-10-28-15-17(16)23(21)34;3-2(4,5)1(6)7/h7-10,15,29-30H,11-14H2,1-6H3,(H,31,35)(H,32,36);(H,6,7). The molecule has 0 aliphatic heterocycles. The lowest BCUT2D eigenvalue weighted by Gasteiger charge is -2.24. The molecule has 3 rings (SSSR count). The van der Waals surface area contributed by atoms with Gasteiger partial charge in [0.1, 0.15) is 11.2 Å². The number of carbonyl (C=O) groups excluding carboxylic acids is 4. The quantitative estimate of drug-likeness (QED) is 0.221. The van der Waals surface area contributed by atoms with Crippen molar-refractivity contribution in [2.45, 2.75) is 58.9 Å². The maximum absolute atomic E-state index is 13.5. The Morgan fingerprint density at radius 3 is 1.51 bits per heavy atom. The molecule has 0 saturated heterocycles. The zero-order valence-electron chi connectivity index (χ0n) is 25.6. The number of aliphatic carboxylic acids is 1. The molecule has 16 heteroatoms. The minimum absolute atomic E-state index is 0.220. The number of pyridine rings is 1. The molecule has 1 heterocycles. The number of nitrogens with zero attached hydrogens (tertiary/aromatic N) is 1. The first kappa shape index (κ1) is 36.3. The third-order valence-electron chi connectivity index (χ3n) is 5.43. The van der Waals surface area contributed by atoms with E-state index >= 15 is 0 Å². The number of amides is 2. The lowest BCUT2D eigenvalue weighted by atomic mass is 9.83. The number of carboxylic acid groups (broad SMARTS) is 1. The maximum atomic E-state index is 13.5. The Balaban J connectivity index is 0.000000900. The molecule has 0 radical (unpaired) electrons. The molecule has 1 aromatic carbocycles. The Hall–Kier alpha value is -4.89. The smallest absolute Gasteiger partial charge is 0.475 e. The minimum Gasteiger partial charge on any atom is -0.475 e. The molecule has 1 aromatic heterocycles. The molecule has 2 aromatic rings. The minimum atomic E-state index is -5.08. The van der Waals surface area contributed by atoms with Gasteiger partial charge in [-0.3, -0.25) is 14.6 Å². The summed E-state index contributed by atoms with van der Waals surface area (Å²) in [6.07, 6.45) is -3.32. The Labute approximate surface area is 257 Å². The molecule has 2 amide bonds. The first-order chi connectivity index (χ1) is 20.7. The highest BCUT2D eigenvalue weighted by atomic mass is 19.4. The molecule has 0 spiro atoms. The second-order valence-corrected chi connectivity index (χ2v) is 11.5. The van der Waals surface area contributed by atoms with Crippen LogP contribution in [0.15, 0.2) is 30.6 Å². The van der Waals surface area contributed by atoms with Gasteiger partial charge in [-0.25, -0.2) is 14.4 Å². The second-order valence-electron chi connectivity index (χ2n) is 11.5. The number of carbonyl (C=O) groups is 5. The number of nitrogens with one attached hydrogen (secondary N) is 4. The molecule has 0 saturated carbocycles. The number of ether oxygens (including phenoxy) is 2. The van der Waals surface area contributed by atoms with Gasteiger partial charge in [0.15, 0.2) is 11.6 Å². The molecule has 1 aliphatic rings. The molecule has 0 bridgehead atoms. The summed E-state index contributed by atoms with van der Waals surface area (Å²) in [5.41, 5.74) is 0.640. The summed E-state index contributed by atoms with van der Waals surface area (Å²) in [6, 6.07) is 4.92. The van der Waals surface area contributed by atoms with Crippen molar-refractivity contribution in [1.29, 1.82) is 0 Å². The van der Waals surface area contributed by atoms with Crippen molar-refractivity contribution in [3.63, 3.8) is 0 Å². The van der Waals surface area contributed by atoms with Crippen LogP contribution in [0.2, 0.25) is 0 Å². The Bertz CT molecular complexity index is 1340. The van der Waals surface area contributed by atoms with Crippen LogP contribution in [0.25, 0.3) is 0 Å². The maximum Gasteiger partial charge on any atom is 0.490 e. The van der Waals surface area contributed by atoms with Gasteiger partial charge in [-0.05, 0) is 59.7 Å². The fraction of sp³-hybridized carbons (Fsp3) is 0.448. The number of alkyl carbamates (subject to hydrolysis) is 2. The molecule has 45 heavy (non-hydrogen) atoms. The van der Waals surface area contributed by atoms with E-state index in [2.05, 4.69) is 26.3 Å². The van der Waals surface area contributed by atoms with E-state index in [1.807, 2.05) is 0 Å². The molecule has 246 valence electrons. The van der Waals surface area contributed by atoms with E-state index in [1.54, 1.807) is 53.7 Å². The van der Waals surface area contributed by atoms with Crippen LogP contribution in [-0.4, -0.2) is 83.4 Å². The largest absolute Gasteiger partial charge is 0.490 e. The first-order valence-corrected chi connectivity index (χ1v) is 13.6. The fourth-order valence-electron chi connectivity index (χ4n) is 3.76. The lowest BCUT2D eigenvalue weighted by Crippen LogP contribution is -2.35. The predicted molar refractivity (Wildman–Crippen MR) is 157 cm³/mol. The Morgan fingerprint density at radius 2 is 1.13 bits per heavy atom. The zero-order chi connectivity index (χ0) is 34.2. The van der Waals surface area contributed by atoms with E-state index in [9.17, 15) is 32.3 Å². The van der Waals surface area contributed by atoms with Gasteiger partial charge in [-0.2, -0.15) is 13.2 Å². The predicted octanol–water partition coefficient (Wildman–Crippen LogP) is 4.36. The molecule has 0 unspecified atom stereocenters. The van der Waals surface area contributed by atoms with Gasteiger partial charge < -0.3 is 35.8 Å². The number of carboxylic acids is 1. The number of hydrogen-bond donors (Lipinski definition) is 5. The van der Waals surface area contributed by atoms with Crippen molar-refractivity contribution in [1.82, 2.24) is 15.6 Å². The van der Waals surface area contributed by atoms with E-state index < -0.39 is 35.5 Å². The van der Waals surface area contributed by atoms with E-state index in [1.165, 1.54) is 18.5 Å². The van der Waals surface area contributed by atoms with Crippen LogP contribution in [0.3, 0.4) is 0 Å². The SMILES string of the molecule is CC(C)(C)OC(=O)NCCNc1ccc(NCCNC(=O)OC(C)(C)C)c2c1C(=O)c1ccncc1C2=O.O=C(O)C(F)(F)F. The summed E-state index contributed by atoms with van der Waals surface area (Å²) in [5, 5.41) is 18.7. The van der Waals surface area contributed by atoms with Crippen molar-refractivity contribution < 1.29 is 51.7 Å². The van der Waals surface area contributed by atoms with Gasteiger partial charge in [0, 0.05) is 55.5 Å². The number of hydrogen-bond acceptors (Lipinski definition) is 10. The summed E-state index contributed by atoms with van der Waals surface area (Å²) in [4.78, 5) is 63.6. The van der Waals surface area contributed by atoms with Gasteiger partial charge in [-0.15, -0.1) is 0 Å². The Kier molecular flexibility index (Phi) is 11.9. The molecule has 0 fully saturated rings. The summed E-state index contributed by atoms with van der Waals surface area (Å²) >= 11 is 0. The van der Waals surface area contributed by atoms with Crippen molar-refractivity contribution >= 4 is 41.1 Å². The summed E-state index contributed by atoms with van der Waals surface area (Å²) in [6.45, 7) is 11.7. The van der Waals surface area contributed by atoms with Crippen LogP contribution < -0.4 is 21.3 Å². The first-order valence-electron chi connectivity index (χ1n) is 13.6. The second kappa shape index (κ2) is 14.7. The van der Waals surface area contributed by atoms with Crippen LogP contribution in [0.4, 0.5) is 34.1 Å². The molecule has 1 aliphatic carbocycles. The van der Waals surface area contributed by atoms with E-state index in [4.69, 9.17) is 19.4 Å². The summed E-state index contributed by atoms with van der Waals surface area (Å²) in [7, 11) is 0. The van der Waals surface area contributed by atoms with Gasteiger partial charge >= 0.3 is 24.3 Å². The topological polar surface area (TPSA) is 185 Å². The number of benzene rings is 1. The molecular formula is C29H36F3N5O8. The van der Waals surface area contributed by atoms with Crippen molar-refractivity contribution in [2.24, 2.45) is 0 Å². The monoisotopic (exact) mass is 639 g/mol. The number of rotatable bonds is 8. The van der Waals surface area contributed by atoms with Gasteiger partial charge in [-0.1, -0.05) is 0 Å². The average Bonchev–Trinajstić information content (AvgIpc) is 2.90. The number of alkyl halides is 3. The van der Waals surface area contributed by atoms with E-state index in [0.717, 1.165) is 0 Å². The average molecular weight is 640 g/mol. The molecule has 5 N–H and O–H groups in total. The third-order valence-corrected chi connectivity index (χ3v) is 5.43. The number of fused-ring (bicyclic) bond motifs is 2. The van der Waals surface area contributed by atoms with Crippen LogP contribution in [0.5, 0.6) is 0 Å². The third kappa shape index (κ3) is 11.3. The summed E-state index contributed by atoms with van der Waals surface area (Å²) in [5.74, 6) is -3.40. The van der Waals surface area contributed by atoms with Crippen molar-refractivity contribution in [3.8, 4) is 0 Å². The zero-order valence-corrected chi connectivity index (χ0v) is 25.6. The van der Waals surface area contributed by atoms with Crippen LogP contribution in [-0.2, 0) is 14.3 Å². The number of aromatic nitrogens is 1. The lowest BCUT2D eigenvalue weighted by molar-refractivity contribution is -0.192. The highest BCUT2D eigenvalue weighted by Crippen LogP contribution is 2.36. The van der Waals surface area contributed by atoms with Crippen molar-refractivity contribution in [2.75, 3.05) is 36.8 Å². The number of anilines is 2. The van der Waals surface area contributed by atoms with E-state index in [-0.39, 0.29) is 46.9 Å². The number of halogens is 3. The van der Waals surface area contributed by atoms with Crippen LogP contribution >= 0.6 is 0 Å². The number of ketones is 2. The highest BCUT2D eigenvalue weighted by molar-refractivity contribution is 6.31. The van der Waals surface area contributed by atoms with E-state index in [0.29, 0.717) is 24.5 Å². The van der Waals surface area contributed by atoms with Gasteiger partial charge in [0.25, 0.3) is 0 Å². The summed E-state index contributed by atoms with van der Waals surface area (Å²) < 4.78 is 42.2. The molecule has 13 nitrogen and oxygen atoms in total. The molecular weight excluding hydrogens is 603 g/mol. The normalized spacial score (nSPS) is 12.5. The molecule has 0 atom stereocenters.